The van der Waals surface area contributed by atoms with Gasteiger partial charge in [-0.05, 0) is 24.1 Å². The van der Waals surface area contributed by atoms with E-state index in [1.54, 1.807) is 14.2 Å². The number of guanidine groups is 1. The molecule has 0 saturated heterocycles. The number of nitrogens with one attached hydrogen (secondary N) is 2. The number of aliphatic imine (C=N–C) groups is 1. The minimum Gasteiger partial charge on any atom is -0.481 e. The zero-order valence-electron chi connectivity index (χ0n) is 13.8. The van der Waals surface area contributed by atoms with Crippen LogP contribution in [-0.4, -0.2) is 31.6 Å². The smallest absolute Gasteiger partial charge is 0.213 e. The van der Waals surface area contributed by atoms with Gasteiger partial charge in [0.2, 0.25) is 5.88 Å². The van der Waals surface area contributed by atoms with Crippen LogP contribution in [0.1, 0.15) is 11.3 Å². The first-order valence-corrected chi connectivity index (χ1v) is 7.78. The van der Waals surface area contributed by atoms with E-state index in [4.69, 9.17) is 16.3 Å². The second kappa shape index (κ2) is 11.1. The summed E-state index contributed by atoms with van der Waals surface area (Å²) in [5.41, 5.74) is 2.00. The van der Waals surface area contributed by atoms with Gasteiger partial charge in [-0.2, -0.15) is 0 Å². The highest BCUT2D eigenvalue weighted by molar-refractivity contribution is 14.0. The van der Waals surface area contributed by atoms with Gasteiger partial charge in [-0.15, -0.1) is 24.0 Å². The molecular formula is C17H22ClIN4O. The molecular weight excluding hydrogens is 439 g/mol. The van der Waals surface area contributed by atoms with Crippen LogP contribution in [0, 0.1) is 0 Å². The van der Waals surface area contributed by atoms with Crippen molar-refractivity contribution in [1.29, 1.82) is 0 Å². The molecule has 0 radical (unpaired) electrons. The third-order valence-corrected chi connectivity index (χ3v) is 3.66. The monoisotopic (exact) mass is 460 g/mol. The van der Waals surface area contributed by atoms with E-state index in [0.29, 0.717) is 12.4 Å². The number of pyridine rings is 1. The van der Waals surface area contributed by atoms with Gasteiger partial charge in [-0.3, -0.25) is 4.99 Å². The van der Waals surface area contributed by atoms with Gasteiger partial charge in [-0.25, -0.2) is 4.98 Å². The SMILES string of the molecule is CN=C(NCCc1ccccc1Cl)NCc1cccc(OC)n1.I. The molecule has 130 valence electrons. The molecule has 0 aliphatic heterocycles. The van der Waals surface area contributed by atoms with E-state index < -0.39 is 0 Å². The average Bonchev–Trinajstić information content (AvgIpc) is 2.59. The Morgan fingerprint density at radius 2 is 1.96 bits per heavy atom. The van der Waals surface area contributed by atoms with Crippen LogP contribution in [0.15, 0.2) is 47.5 Å². The highest BCUT2D eigenvalue weighted by Crippen LogP contribution is 2.14. The average molecular weight is 461 g/mol. The Labute approximate surface area is 164 Å². The number of aromatic nitrogens is 1. The normalized spacial score (nSPS) is 10.7. The van der Waals surface area contributed by atoms with Crippen molar-refractivity contribution in [3.05, 3.63) is 58.7 Å². The Morgan fingerprint density at radius 3 is 2.67 bits per heavy atom. The summed E-state index contributed by atoms with van der Waals surface area (Å²) >= 11 is 6.15. The molecule has 7 heteroatoms. The van der Waals surface area contributed by atoms with Crippen LogP contribution in [0.4, 0.5) is 0 Å². The summed E-state index contributed by atoms with van der Waals surface area (Å²) in [6, 6.07) is 13.5. The van der Waals surface area contributed by atoms with E-state index in [2.05, 4.69) is 20.6 Å². The van der Waals surface area contributed by atoms with Crippen molar-refractivity contribution in [2.45, 2.75) is 13.0 Å². The van der Waals surface area contributed by atoms with Gasteiger partial charge in [0.15, 0.2) is 5.96 Å². The van der Waals surface area contributed by atoms with Gasteiger partial charge < -0.3 is 15.4 Å². The van der Waals surface area contributed by atoms with Crippen LogP contribution in [-0.2, 0) is 13.0 Å². The third kappa shape index (κ3) is 6.52. The maximum Gasteiger partial charge on any atom is 0.213 e. The first-order chi connectivity index (χ1) is 11.2. The fourth-order valence-electron chi connectivity index (χ4n) is 2.08. The van der Waals surface area contributed by atoms with Crippen LogP contribution in [0.3, 0.4) is 0 Å². The molecule has 0 amide bonds. The van der Waals surface area contributed by atoms with Crippen LogP contribution >= 0.6 is 35.6 Å². The lowest BCUT2D eigenvalue weighted by Crippen LogP contribution is -2.38. The van der Waals surface area contributed by atoms with Gasteiger partial charge in [0.1, 0.15) is 0 Å². The molecule has 0 spiro atoms. The number of benzene rings is 1. The van der Waals surface area contributed by atoms with E-state index in [9.17, 15) is 0 Å². The minimum atomic E-state index is 0. The lowest BCUT2D eigenvalue weighted by Gasteiger charge is -2.12. The molecule has 2 rings (SSSR count). The second-order valence-corrected chi connectivity index (χ2v) is 5.27. The molecule has 0 unspecified atom stereocenters. The van der Waals surface area contributed by atoms with Crippen molar-refractivity contribution in [3.8, 4) is 5.88 Å². The lowest BCUT2D eigenvalue weighted by molar-refractivity contribution is 0.396. The fraction of sp³-hybridized carbons (Fsp3) is 0.294. The maximum atomic E-state index is 6.15. The molecule has 2 N–H and O–H groups in total. The molecule has 0 aliphatic carbocycles. The van der Waals surface area contributed by atoms with E-state index in [0.717, 1.165) is 35.2 Å². The number of hydrogen-bond donors (Lipinski definition) is 2. The zero-order chi connectivity index (χ0) is 16.5. The van der Waals surface area contributed by atoms with Gasteiger partial charge in [0.25, 0.3) is 0 Å². The molecule has 0 saturated carbocycles. The summed E-state index contributed by atoms with van der Waals surface area (Å²) in [6.45, 7) is 1.32. The zero-order valence-corrected chi connectivity index (χ0v) is 16.8. The van der Waals surface area contributed by atoms with Gasteiger partial charge in [-0.1, -0.05) is 35.9 Å². The Hall–Kier alpha value is -1.54. The summed E-state index contributed by atoms with van der Waals surface area (Å²) in [5, 5.41) is 7.28. The second-order valence-electron chi connectivity index (χ2n) is 4.87. The van der Waals surface area contributed by atoms with Crippen molar-refractivity contribution in [3.63, 3.8) is 0 Å². The number of methoxy groups -OCH3 is 1. The van der Waals surface area contributed by atoms with Crippen molar-refractivity contribution < 1.29 is 4.74 Å². The molecule has 1 aromatic carbocycles. The first kappa shape index (κ1) is 20.5. The van der Waals surface area contributed by atoms with E-state index in [1.165, 1.54) is 0 Å². The van der Waals surface area contributed by atoms with Crippen LogP contribution in [0.25, 0.3) is 0 Å². The fourth-order valence-corrected chi connectivity index (χ4v) is 2.31. The molecule has 0 fully saturated rings. The predicted molar refractivity (Wildman–Crippen MR) is 110 cm³/mol. The molecule has 0 atom stereocenters. The van der Waals surface area contributed by atoms with Crippen LogP contribution < -0.4 is 15.4 Å². The molecule has 0 aliphatic rings. The highest BCUT2D eigenvalue weighted by atomic mass is 127. The number of ether oxygens (including phenoxy) is 1. The Kier molecular flexibility index (Phi) is 9.48. The Morgan fingerprint density at radius 1 is 1.17 bits per heavy atom. The molecule has 24 heavy (non-hydrogen) atoms. The van der Waals surface area contributed by atoms with Crippen molar-refractivity contribution in [2.75, 3.05) is 20.7 Å². The van der Waals surface area contributed by atoms with Crippen molar-refractivity contribution >= 4 is 41.5 Å². The summed E-state index contributed by atoms with van der Waals surface area (Å²) < 4.78 is 5.12. The topological polar surface area (TPSA) is 58.5 Å². The number of halogens is 2. The highest BCUT2D eigenvalue weighted by Gasteiger charge is 2.02. The van der Waals surface area contributed by atoms with Crippen molar-refractivity contribution in [1.82, 2.24) is 15.6 Å². The standard InChI is InChI=1S/C17H21ClN4O.HI/c1-19-17(20-11-10-13-6-3-4-8-15(13)18)21-12-14-7-5-9-16(22-14)23-2;/h3-9H,10-12H2,1-2H3,(H2,19,20,21);1H. The quantitative estimate of drug-likeness (QED) is 0.395. The molecule has 1 heterocycles. The van der Waals surface area contributed by atoms with Crippen molar-refractivity contribution in [2.24, 2.45) is 4.99 Å². The summed E-state index contributed by atoms with van der Waals surface area (Å²) in [7, 11) is 3.35. The largest absolute Gasteiger partial charge is 0.481 e. The van der Waals surface area contributed by atoms with Gasteiger partial charge in [0.05, 0.1) is 19.3 Å². The molecule has 1 aromatic heterocycles. The molecule has 0 bridgehead atoms. The summed E-state index contributed by atoms with van der Waals surface area (Å²) in [4.78, 5) is 8.55. The van der Waals surface area contributed by atoms with Gasteiger partial charge in [0, 0.05) is 24.7 Å². The number of nitrogens with zero attached hydrogens (tertiary/aromatic N) is 2. The predicted octanol–water partition coefficient (Wildman–Crippen LogP) is 3.27. The number of rotatable bonds is 6. The molecule has 2 aromatic rings. The van der Waals surface area contributed by atoms with E-state index in [-0.39, 0.29) is 24.0 Å². The van der Waals surface area contributed by atoms with Gasteiger partial charge >= 0.3 is 0 Å². The van der Waals surface area contributed by atoms with E-state index >= 15 is 0 Å². The summed E-state index contributed by atoms with van der Waals surface area (Å²) in [5.74, 6) is 1.33. The van der Waals surface area contributed by atoms with Crippen LogP contribution in [0.2, 0.25) is 5.02 Å². The van der Waals surface area contributed by atoms with E-state index in [1.807, 2.05) is 42.5 Å². The minimum absolute atomic E-state index is 0. The lowest BCUT2D eigenvalue weighted by atomic mass is 10.1. The third-order valence-electron chi connectivity index (χ3n) is 3.30. The number of hydrogen-bond acceptors (Lipinski definition) is 3. The van der Waals surface area contributed by atoms with Crippen LogP contribution in [0.5, 0.6) is 5.88 Å². The first-order valence-electron chi connectivity index (χ1n) is 7.40. The Balaban J connectivity index is 0.00000288. The molecule has 5 nitrogen and oxygen atoms in total. The Bertz CT molecular complexity index is 667. The maximum absolute atomic E-state index is 6.15. The summed E-state index contributed by atoms with van der Waals surface area (Å²) in [6.07, 6.45) is 0.831.